The summed E-state index contributed by atoms with van der Waals surface area (Å²) in [5, 5.41) is 0. The van der Waals surface area contributed by atoms with Gasteiger partial charge in [-0.3, -0.25) is 4.99 Å². The average molecular weight is 322 g/mol. The Balaban J connectivity index is 2.23. The molecule has 0 bridgehead atoms. The minimum absolute atomic E-state index is 0.0732. The third kappa shape index (κ3) is 4.95. The largest absolute Gasteiger partial charge is 0.390 e. The smallest absolute Gasteiger partial charge is 0.0805 e. The predicted molar refractivity (Wildman–Crippen MR) is 106 cm³/mol. The number of aliphatic imine (C=N–C) groups is 1. The van der Waals surface area contributed by atoms with E-state index in [2.05, 4.69) is 68.8 Å². The maximum Gasteiger partial charge on any atom is 0.0805 e. The number of benzene rings is 1. The van der Waals surface area contributed by atoms with Gasteiger partial charge in [-0.1, -0.05) is 55.5 Å². The van der Waals surface area contributed by atoms with Crippen LogP contribution in [-0.4, -0.2) is 12.4 Å². The summed E-state index contributed by atoms with van der Waals surface area (Å²) < 4.78 is 0. The maximum absolute atomic E-state index is 5.56. The van der Waals surface area contributed by atoms with Crippen LogP contribution >= 0.6 is 0 Å². The molecule has 0 aromatic heterocycles. The third-order valence-electron chi connectivity index (χ3n) is 4.74. The lowest BCUT2D eigenvalue weighted by Crippen LogP contribution is -2.10. The summed E-state index contributed by atoms with van der Waals surface area (Å²) in [4.78, 5) is 4.45. The van der Waals surface area contributed by atoms with E-state index >= 15 is 0 Å². The van der Waals surface area contributed by atoms with Crippen LogP contribution in [0.4, 0.5) is 0 Å². The van der Waals surface area contributed by atoms with E-state index in [1.807, 2.05) is 0 Å². The first-order valence-electron chi connectivity index (χ1n) is 8.93. The fraction of sp³-hybridized carbons (Fsp3) is 0.409. The van der Waals surface area contributed by atoms with E-state index in [-0.39, 0.29) is 6.04 Å². The van der Waals surface area contributed by atoms with E-state index in [0.29, 0.717) is 0 Å². The van der Waals surface area contributed by atoms with Crippen molar-refractivity contribution in [2.24, 2.45) is 10.7 Å². The van der Waals surface area contributed by atoms with Gasteiger partial charge in [0.05, 0.1) is 12.4 Å². The molecule has 2 nitrogen and oxygen atoms in total. The van der Waals surface area contributed by atoms with Crippen molar-refractivity contribution in [3.63, 3.8) is 0 Å². The lowest BCUT2D eigenvalue weighted by atomic mass is 9.95. The Bertz CT molecular complexity index is 660. The molecule has 1 aliphatic rings. The van der Waals surface area contributed by atoms with Crippen LogP contribution in [0.3, 0.4) is 0 Å². The molecular formula is C22H30N2. The Morgan fingerprint density at radius 1 is 1.42 bits per heavy atom. The van der Waals surface area contributed by atoms with Crippen molar-refractivity contribution < 1.29 is 0 Å². The fourth-order valence-electron chi connectivity index (χ4n) is 2.92. The van der Waals surface area contributed by atoms with Gasteiger partial charge in [-0.2, -0.15) is 0 Å². The molecule has 1 unspecified atom stereocenters. The normalized spacial score (nSPS) is 17.3. The number of nitrogens with zero attached hydrogens (tertiary/aromatic N) is 1. The fourth-order valence-corrected chi connectivity index (χ4v) is 2.92. The number of nitrogens with two attached hydrogens (primary N) is 1. The molecule has 1 aromatic rings. The van der Waals surface area contributed by atoms with Crippen molar-refractivity contribution >= 4 is 11.9 Å². The molecule has 0 heterocycles. The van der Waals surface area contributed by atoms with Gasteiger partial charge in [0.2, 0.25) is 0 Å². The Morgan fingerprint density at radius 2 is 2.17 bits per heavy atom. The number of hydrogen-bond donors (Lipinski definition) is 1. The highest BCUT2D eigenvalue weighted by Crippen LogP contribution is 2.40. The Morgan fingerprint density at radius 3 is 2.75 bits per heavy atom. The van der Waals surface area contributed by atoms with Crippen LogP contribution in [0.2, 0.25) is 0 Å². The number of hydrogen-bond acceptors (Lipinski definition) is 1. The molecule has 2 rings (SSSR count). The average Bonchev–Trinajstić information content (AvgIpc) is 3.44. The molecule has 1 aliphatic carbocycles. The van der Waals surface area contributed by atoms with Gasteiger partial charge in [-0.15, -0.1) is 0 Å². The first-order chi connectivity index (χ1) is 11.6. The van der Waals surface area contributed by atoms with Crippen LogP contribution < -0.4 is 5.73 Å². The van der Waals surface area contributed by atoms with Gasteiger partial charge >= 0.3 is 0 Å². The molecule has 0 amide bonds. The Labute approximate surface area is 146 Å². The van der Waals surface area contributed by atoms with Crippen LogP contribution in [-0.2, 0) is 0 Å². The molecule has 0 radical (unpaired) electrons. The van der Waals surface area contributed by atoms with E-state index in [9.17, 15) is 0 Å². The summed E-state index contributed by atoms with van der Waals surface area (Å²) in [5.41, 5.74) is 12.0. The van der Waals surface area contributed by atoms with E-state index in [1.165, 1.54) is 47.0 Å². The van der Waals surface area contributed by atoms with Crippen molar-refractivity contribution in [1.29, 1.82) is 0 Å². The van der Waals surface area contributed by atoms with Gasteiger partial charge in [-0.25, -0.2) is 0 Å². The maximum atomic E-state index is 5.56. The van der Waals surface area contributed by atoms with E-state index in [1.54, 1.807) is 0 Å². The molecule has 128 valence electrons. The van der Waals surface area contributed by atoms with Gasteiger partial charge in [0, 0.05) is 0 Å². The van der Waals surface area contributed by atoms with Crippen molar-refractivity contribution in [3.8, 4) is 0 Å². The molecule has 2 N–H and O–H groups in total. The van der Waals surface area contributed by atoms with Crippen LogP contribution in [0.1, 0.15) is 63.5 Å². The molecule has 2 heteroatoms. The highest BCUT2D eigenvalue weighted by molar-refractivity contribution is 5.75. The lowest BCUT2D eigenvalue weighted by molar-refractivity contribution is 0.744. The zero-order valence-corrected chi connectivity index (χ0v) is 15.3. The molecule has 0 aliphatic heterocycles. The zero-order valence-electron chi connectivity index (χ0n) is 15.3. The van der Waals surface area contributed by atoms with E-state index < -0.39 is 0 Å². The quantitative estimate of drug-likeness (QED) is 0.286. The standard InChI is InChI=1S/C22H30N2/c1-5-16(3)12-22(24-15-23)17(4)13-18(6-2)20-8-7-9-21(14-20)19-10-11-19/h6-9,13-15,19,22H,3,5,10-12H2,1-2,4H3,(H2,23,24)/b17-13+,18-6+. The van der Waals surface area contributed by atoms with E-state index in [4.69, 9.17) is 5.73 Å². The van der Waals surface area contributed by atoms with Gasteiger partial charge in [-0.05, 0) is 67.7 Å². The predicted octanol–water partition coefficient (Wildman–Crippen LogP) is 5.63. The van der Waals surface area contributed by atoms with E-state index in [0.717, 1.165) is 18.8 Å². The molecule has 0 spiro atoms. The monoisotopic (exact) mass is 322 g/mol. The summed E-state index contributed by atoms with van der Waals surface area (Å²) in [6, 6.07) is 9.02. The van der Waals surface area contributed by atoms with Gasteiger partial charge in [0.15, 0.2) is 0 Å². The zero-order chi connectivity index (χ0) is 17.5. The first-order valence-corrected chi connectivity index (χ1v) is 8.93. The van der Waals surface area contributed by atoms with Crippen molar-refractivity contribution in [2.75, 3.05) is 0 Å². The topological polar surface area (TPSA) is 38.4 Å². The second kappa shape index (κ2) is 8.68. The minimum Gasteiger partial charge on any atom is -0.390 e. The Hall–Kier alpha value is -2.09. The molecule has 1 saturated carbocycles. The van der Waals surface area contributed by atoms with Crippen molar-refractivity contribution in [1.82, 2.24) is 0 Å². The molecule has 1 fully saturated rings. The minimum atomic E-state index is 0.0732. The van der Waals surface area contributed by atoms with Gasteiger partial charge in [0.25, 0.3) is 0 Å². The SMILES string of the molecule is C=C(CC)CC(N=CN)/C(C)=C/C(=C\C)c1cccc(C2CC2)c1. The molecular weight excluding hydrogens is 292 g/mol. The second-order valence-corrected chi connectivity index (χ2v) is 6.65. The second-order valence-electron chi connectivity index (χ2n) is 6.65. The number of allylic oxidation sites excluding steroid dienone is 3. The van der Waals surface area contributed by atoms with Crippen molar-refractivity contribution in [3.05, 3.63) is 65.3 Å². The van der Waals surface area contributed by atoms with Crippen LogP contribution in [0.15, 0.2) is 59.1 Å². The molecule has 0 saturated heterocycles. The highest BCUT2D eigenvalue weighted by Gasteiger charge is 2.23. The molecule has 1 atom stereocenters. The summed E-state index contributed by atoms with van der Waals surface area (Å²) >= 11 is 0. The highest BCUT2D eigenvalue weighted by atomic mass is 14.8. The van der Waals surface area contributed by atoms with Gasteiger partial charge in [0.1, 0.15) is 0 Å². The van der Waals surface area contributed by atoms with Crippen LogP contribution in [0.25, 0.3) is 5.57 Å². The lowest BCUT2D eigenvalue weighted by Gasteiger charge is -2.15. The summed E-state index contributed by atoms with van der Waals surface area (Å²) in [6.07, 6.45) is 10.3. The summed E-state index contributed by atoms with van der Waals surface area (Å²) in [7, 11) is 0. The van der Waals surface area contributed by atoms with Gasteiger partial charge < -0.3 is 5.73 Å². The first kappa shape index (κ1) is 18.3. The van der Waals surface area contributed by atoms with Crippen LogP contribution in [0.5, 0.6) is 0 Å². The Kier molecular flexibility index (Phi) is 6.60. The van der Waals surface area contributed by atoms with Crippen molar-refractivity contribution in [2.45, 2.75) is 58.4 Å². The third-order valence-corrected chi connectivity index (χ3v) is 4.74. The summed E-state index contributed by atoms with van der Waals surface area (Å²) in [5.74, 6) is 0.774. The summed E-state index contributed by atoms with van der Waals surface area (Å²) in [6.45, 7) is 10.5. The molecule has 24 heavy (non-hydrogen) atoms. The van der Waals surface area contributed by atoms with Crippen LogP contribution in [0, 0.1) is 0 Å². The molecule has 1 aromatic carbocycles. The number of rotatable bonds is 8.